The highest BCUT2D eigenvalue weighted by atomic mass is 32.3. The molecule has 3 rings (SSSR count). The molecule has 1 aromatic heterocycles. The second-order valence-corrected chi connectivity index (χ2v) is 7.91. The highest BCUT2D eigenvalue weighted by Crippen LogP contribution is 2.49. The van der Waals surface area contributed by atoms with Gasteiger partial charge in [-0.25, -0.2) is 0 Å². The minimum absolute atomic E-state index is 0.281. The third-order valence-corrected chi connectivity index (χ3v) is 5.44. The van der Waals surface area contributed by atoms with Crippen LogP contribution in [-0.4, -0.2) is 18.8 Å². The lowest BCUT2D eigenvalue weighted by molar-refractivity contribution is 0.452. The summed E-state index contributed by atoms with van der Waals surface area (Å²) in [6.45, 7) is 1.99. The van der Waals surface area contributed by atoms with Gasteiger partial charge >= 0.3 is 0 Å². The van der Waals surface area contributed by atoms with Gasteiger partial charge in [-0.1, -0.05) is 17.7 Å². The van der Waals surface area contributed by atoms with Gasteiger partial charge in [-0.3, -0.25) is 18.5 Å². The van der Waals surface area contributed by atoms with E-state index in [1.54, 1.807) is 24.3 Å². The van der Waals surface area contributed by atoms with E-state index in [2.05, 4.69) is 0 Å². The van der Waals surface area contributed by atoms with E-state index >= 15 is 0 Å². The first-order valence-corrected chi connectivity index (χ1v) is 9.56. The van der Waals surface area contributed by atoms with Crippen LogP contribution in [0.15, 0.2) is 76.6 Å². The van der Waals surface area contributed by atoms with Crippen LogP contribution < -0.4 is 10.3 Å². The van der Waals surface area contributed by atoms with Gasteiger partial charge < -0.3 is 9.84 Å². The molecule has 7 heteroatoms. The summed E-state index contributed by atoms with van der Waals surface area (Å²) >= 11 is 0. The molecule has 0 aliphatic rings. The Hall–Kier alpha value is -2.74. The predicted octanol–water partition coefficient (Wildman–Crippen LogP) is 4.42. The molecule has 0 atom stereocenters. The number of aryl methyl sites for hydroxylation is 1. The van der Waals surface area contributed by atoms with Crippen LogP contribution in [0, 0.1) is 6.92 Å². The van der Waals surface area contributed by atoms with Crippen LogP contribution in [-0.2, 0) is 5.88 Å². The maximum Gasteiger partial charge on any atom is 0.293 e. The maximum atomic E-state index is 11.8. The van der Waals surface area contributed by atoms with Crippen LogP contribution in [0.5, 0.6) is 17.2 Å². The smallest absolute Gasteiger partial charge is 0.293 e. The number of benzene rings is 2. The standard InChI is InChI=1S/C19H19NO5S/c1-14-4-6-15(7-5-14)25-16-8-10-17(11-9-16)26(23,24)13-20-12-2-3-18(21)19(20)22/h2-12,21,23-24H,13H2,1H3. The lowest BCUT2D eigenvalue weighted by Gasteiger charge is -2.32. The number of ether oxygens (including phenoxy) is 1. The fourth-order valence-electron chi connectivity index (χ4n) is 2.36. The average molecular weight is 373 g/mol. The van der Waals surface area contributed by atoms with Crippen LogP contribution in [0.2, 0.25) is 0 Å². The van der Waals surface area contributed by atoms with Crippen molar-refractivity contribution < 1.29 is 18.9 Å². The second-order valence-electron chi connectivity index (χ2n) is 5.85. The quantitative estimate of drug-likeness (QED) is 0.616. The van der Waals surface area contributed by atoms with E-state index in [0.29, 0.717) is 11.5 Å². The predicted molar refractivity (Wildman–Crippen MR) is 101 cm³/mol. The van der Waals surface area contributed by atoms with E-state index in [4.69, 9.17) is 4.74 Å². The van der Waals surface area contributed by atoms with Crippen molar-refractivity contribution in [2.75, 3.05) is 0 Å². The van der Waals surface area contributed by atoms with Crippen molar-refractivity contribution in [1.29, 1.82) is 0 Å². The maximum absolute atomic E-state index is 11.8. The molecule has 0 unspecified atom stereocenters. The van der Waals surface area contributed by atoms with Gasteiger partial charge in [0.25, 0.3) is 5.56 Å². The molecule has 0 saturated carbocycles. The number of aromatic hydroxyl groups is 1. The second kappa shape index (κ2) is 7.25. The Labute approximate surface area is 152 Å². The molecule has 0 aliphatic carbocycles. The molecule has 0 bridgehead atoms. The summed E-state index contributed by atoms with van der Waals surface area (Å²) in [6.07, 6.45) is 1.39. The van der Waals surface area contributed by atoms with Crippen molar-refractivity contribution in [3.05, 3.63) is 82.8 Å². The molecule has 6 nitrogen and oxygen atoms in total. The Morgan fingerprint density at radius 3 is 2.15 bits per heavy atom. The van der Waals surface area contributed by atoms with Crippen LogP contribution in [0.25, 0.3) is 0 Å². The van der Waals surface area contributed by atoms with E-state index in [-0.39, 0.29) is 10.8 Å². The first-order chi connectivity index (χ1) is 12.3. The Balaban J connectivity index is 1.77. The molecule has 3 N–H and O–H groups in total. The molecule has 0 amide bonds. The van der Waals surface area contributed by atoms with Crippen LogP contribution in [0.3, 0.4) is 0 Å². The molecular formula is C19H19NO5S. The zero-order valence-electron chi connectivity index (χ0n) is 14.1. The number of rotatable bonds is 5. The first-order valence-electron chi connectivity index (χ1n) is 7.84. The summed E-state index contributed by atoms with van der Waals surface area (Å²) in [5, 5.41) is 9.46. The number of hydrogen-bond donors (Lipinski definition) is 3. The van der Waals surface area contributed by atoms with Gasteiger partial charge in [0.2, 0.25) is 0 Å². The first kappa shape index (κ1) is 18.1. The summed E-state index contributed by atoms with van der Waals surface area (Å²) in [5.74, 6) is 0.464. The third kappa shape index (κ3) is 4.08. The van der Waals surface area contributed by atoms with Gasteiger partial charge in [0, 0.05) is 6.20 Å². The molecule has 1 heterocycles. The fourth-order valence-corrected chi connectivity index (χ4v) is 3.67. The van der Waals surface area contributed by atoms with Gasteiger partial charge in [-0.2, -0.15) is 10.6 Å². The van der Waals surface area contributed by atoms with E-state index in [1.807, 2.05) is 31.2 Å². The Morgan fingerprint density at radius 1 is 0.962 bits per heavy atom. The van der Waals surface area contributed by atoms with E-state index in [9.17, 15) is 19.0 Å². The summed E-state index contributed by atoms with van der Waals surface area (Å²) in [7, 11) is -3.25. The lowest BCUT2D eigenvalue weighted by Crippen LogP contribution is -2.21. The Morgan fingerprint density at radius 2 is 1.54 bits per heavy atom. The molecule has 0 fully saturated rings. The molecule has 136 valence electrons. The largest absolute Gasteiger partial charge is 0.503 e. The number of hydrogen-bond acceptors (Lipinski definition) is 5. The minimum atomic E-state index is -3.25. The van der Waals surface area contributed by atoms with E-state index in [0.717, 1.165) is 10.1 Å². The number of pyridine rings is 1. The lowest BCUT2D eigenvalue weighted by atomic mass is 10.2. The molecule has 26 heavy (non-hydrogen) atoms. The molecular weight excluding hydrogens is 354 g/mol. The molecule has 0 spiro atoms. The summed E-state index contributed by atoms with van der Waals surface area (Å²) in [4.78, 5) is 12.1. The van der Waals surface area contributed by atoms with Gasteiger partial charge in [0.1, 0.15) is 17.4 Å². The molecule has 3 aromatic rings. The molecule has 0 radical (unpaired) electrons. The fraction of sp³-hybridized carbons (Fsp3) is 0.105. The normalized spacial score (nSPS) is 12.0. The van der Waals surface area contributed by atoms with Gasteiger partial charge in [0.15, 0.2) is 5.75 Å². The van der Waals surface area contributed by atoms with Crippen molar-refractivity contribution in [3.63, 3.8) is 0 Å². The van der Waals surface area contributed by atoms with Crippen LogP contribution in [0.1, 0.15) is 5.56 Å². The van der Waals surface area contributed by atoms with Crippen molar-refractivity contribution in [1.82, 2.24) is 4.57 Å². The van der Waals surface area contributed by atoms with Crippen LogP contribution in [0.4, 0.5) is 0 Å². The summed E-state index contributed by atoms with van der Waals surface area (Å²) < 4.78 is 27.6. The highest BCUT2D eigenvalue weighted by Gasteiger charge is 2.18. The Bertz CT molecular complexity index is 949. The SMILES string of the molecule is Cc1ccc(Oc2ccc(S(O)(O)Cn3cccc(O)c3=O)cc2)cc1. The monoisotopic (exact) mass is 373 g/mol. The summed E-state index contributed by atoms with van der Waals surface area (Å²) in [5.41, 5.74) is 0.454. The minimum Gasteiger partial charge on any atom is -0.503 e. The highest BCUT2D eigenvalue weighted by molar-refractivity contribution is 8.23. The van der Waals surface area contributed by atoms with E-state index < -0.39 is 21.9 Å². The molecule has 0 saturated heterocycles. The average Bonchev–Trinajstić information content (AvgIpc) is 2.61. The topological polar surface area (TPSA) is 91.9 Å². The van der Waals surface area contributed by atoms with E-state index in [1.165, 1.54) is 18.3 Å². The van der Waals surface area contributed by atoms with Crippen molar-refractivity contribution in [3.8, 4) is 17.2 Å². The number of nitrogens with zero attached hydrogens (tertiary/aromatic N) is 1. The van der Waals surface area contributed by atoms with Crippen molar-refractivity contribution in [2.24, 2.45) is 0 Å². The van der Waals surface area contributed by atoms with Crippen LogP contribution >= 0.6 is 10.6 Å². The zero-order chi connectivity index (χ0) is 18.7. The van der Waals surface area contributed by atoms with Gasteiger partial charge in [-0.05, 0) is 55.5 Å². The number of aromatic nitrogens is 1. The Kier molecular flexibility index (Phi) is 5.03. The zero-order valence-corrected chi connectivity index (χ0v) is 14.9. The van der Waals surface area contributed by atoms with Crippen molar-refractivity contribution in [2.45, 2.75) is 17.7 Å². The van der Waals surface area contributed by atoms with Gasteiger partial charge in [0.05, 0.1) is 4.90 Å². The van der Waals surface area contributed by atoms with Crippen molar-refractivity contribution >= 4 is 10.6 Å². The molecule has 2 aromatic carbocycles. The molecule has 0 aliphatic heterocycles. The van der Waals surface area contributed by atoms with Gasteiger partial charge in [-0.15, -0.1) is 0 Å². The third-order valence-electron chi connectivity index (χ3n) is 3.78. The summed E-state index contributed by atoms with van der Waals surface area (Å²) in [6, 6.07) is 16.7.